The van der Waals surface area contributed by atoms with E-state index in [0.717, 1.165) is 31.4 Å². The molecule has 20 heavy (non-hydrogen) atoms. The van der Waals surface area contributed by atoms with Gasteiger partial charge >= 0.3 is 5.97 Å². The number of benzene rings is 1. The van der Waals surface area contributed by atoms with Crippen molar-refractivity contribution >= 4 is 5.97 Å². The molecule has 110 valence electrons. The molecular weight excluding hydrogens is 264 g/mol. The lowest BCUT2D eigenvalue weighted by Crippen LogP contribution is -2.40. The zero-order valence-electron chi connectivity index (χ0n) is 11.3. The second-order valence-electron chi connectivity index (χ2n) is 5.26. The summed E-state index contributed by atoms with van der Waals surface area (Å²) in [5.74, 6) is -0.803. The van der Waals surface area contributed by atoms with E-state index in [1.807, 2.05) is 6.07 Å². The topological polar surface area (TPSA) is 40.5 Å². The van der Waals surface area contributed by atoms with Gasteiger partial charge in [-0.1, -0.05) is 24.6 Å². The van der Waals surface area contributed by atoms with Crippen LogP contribution < -0.4 is 0 Å². The minimum absolute atomic E-state index is 0.0106. The average Bonchev–Trinajstić information content (AvgIpc) is 2.41. The Balaban J connectivity index is 2.06. The van der Waals surface area contributed by atoms with Crippen molar-refractivity contribution in [3.8, 4) is 0 Å². The number of carbonyl (C=O) groups is 1. The Morgan fingerprint density at radius 1 is 1.40 bits per heavy atom. The third-order valence-corrected chi connectivity index (χ3v) is 3.75. The Kier molecular flexibility index (Phi) is 5.06. The monoisotopic (exact) mass is 283 g/mol. The number of piperidine rings is 1. The maximum Gasteiger partial charge on any atom is 0.304 e. The van der Waals surface area contributed by atoms with Crippen LogP contribution >= 0.6 is 0 Å². The van der Waals surface area contributed by atoms with Gasteiger partial charge in [0.2, 0.25) is 0 Å². The summed E-state index contributed by atoms with van der Waals surface area (Å²) in [6, 6.07) is 6.39. The number of rotatable bonds is 5. The number of likely N-dealkylation sites (tertiary alicyclic amines) is 1. The van der Waals surface area contributed by atoms with Gasteiger partial charge in [0.15, 0.2) is 0 Å². The van der Waals surface area contributed by atoms with Crippen LogP contribution in [-0.2, 0) is 11.3 Å². The van der Waals surface area contributed by atoms with Crippen molar-refractivity contribution in [1.82, 2.24) is 4.90 Å². The highest BCUT2D eigenvalue weighted by atomic mass is 19.3. The number of halogens is 2. The van der Waals surface area contributed by atoms with Crippen molar-refractivity contribution in [2.24, 2.45) is 0 Å². The van der Waals surface area contributed by atoms with Crippen molar-refractivity contribution < 1.29 is 18.7 Å². The standard InChI is InChI=1S/C15H19F2NO2/c16-15(17)12-5-3-4-11(8-12)10-18-7-2-1-6-13(18)9-14(19)20/h3-5,8,13,15H,1-2,6-7,9-10H2,(H,19,20). The molecule has 1 aliphatic heterocycles. The van der Waals surface area contributed by atoms with E-state index in [0.29, 0.717) is 6.54 Å². The number of nitrogens with zero attached hydrogens (tertiary/aromatic N) is 1. The molecule has 1 N–H and O–H groups in total. The zero-order chi connectivity index (χ0) is 14.5. The van der Waals surface area contributed by atoms with Gasteiger partial charge in [0.1, 0.15) is 0 Å². The van der Waals surface area contributed by atoms with Gasteiger partial charge in [-0.15, -0.1) is 0 Å². The summed E-state index contributed by atoms with van der Waals surface area (Å²) in [6.45, 7) is 1.37. The fourth-order valence-corrected chi connectivity index (χ4v) is 2.76. The average molecular weight is 283 g/mol. The fraction of sp³-hybridized carbons (Fsp3) is 0.533. The summed E-state index contributed by atoms with van der Waals surface area (Å²) in [6.07, 6.45) is 0.581. The number of hydrogen-bond donors (Lipinski definition) is 1. The maximum atomic E-state index is 12.7. The first-order chi connectivity index (χ1) is 9.56. The molecule has 1 aromatic carbocycles. The summed E-state index contributed by atoms with van der Waals surface area (Å²) < 4.78 is 25.4. The lowest BCUT2D eigenvalue weighted by Gasteiger charge is -2.35. The van der Waals surface area contributed by atoms with E-state index < -0.39 is 12.4 Å². The van der Waals surface area contributed by atoms with Gasteiger partial charge in [-0.05, 0) is 31.0 Å². The smallest absolute Gasteiger partial charge is 0.304 e. The first-order valence-electron chi connectivity index (χ1n) is 6.89. The summed E-state index contributed by atoms with van der Waals surface area (Å²) >= 11 is 0. The summed E-state index contributed by atoms with van der Waals surface area (Å²) in [4.78, 5) is 13.0. The Hall–Kier alpha value is -1.49. The molecule has 0 aliphatic carbocycles. The number of aliphatic carboxylic acids is 1. The molecule has 0 saturated carbocycles. The van der Waals surface area contributed by atoms with E-state index in [1.54, 1.807) is 6.07 Å². The minimum atomic E-state index is -2.47. The third-order valence-electron chi connectivity index (χ3n) is 3.75. The molecular formula is C15H19F2NO2. The van der Waals surface area contributed by atoms with Crippen LogP contribution in [0, 0.1) is 0 Å². The molecule has 1 fully saturated rings. The number of alkyl halides is 2. The predicted molar refractivity (Wildman–Crippen MR) is 71.7 cm³/mol. The van der Waals surface area contributed by atoms with Crippen LogP contribution in [0.4, 0.5) is 8.78 Å². The van der Waals surface area contributed by atoms with Crippen LogP contribution in [0.3, 0.4) is 0 Å². The summed E-state index contributed by atoms with van der Waals surface area (Å²) in [5.41, 5.74) is 0.842. The van der Waals surface area contributed by atoms with Gasteiger partial charge in [-0.2, -0.15) is 0 Å². The zero-order valence-corrected chi connectivity index (χ0v) is 11.3. The molecule has 5 heteroatoms. The van der Waals surface area contributed by atoms with Gasteiger partial charge in [-0.25, -0.2) is 8.78 Å². The van der Waals surface area contributed by atoms with E-state index in [1.165, 1.54) is 12.1 Å². The highest BCUT2D eigenvalue weighted by Gasteiger charge is 2.24. The van der Waals surface area contributed by atoms with Gasteiger partial charge < -0.3 is 5.11 Å². The molecule has 1 heterocycles. The molecule has 3 nitrogen and oxygen atoms in total. The van der Waals surface area contributed by atoms with E-state index in [2.05, 4.69) is 4.90 Å². The quantitative estimate of drug-likeness (QED) is 0.899. The Labute approximate surface area is 117 Å². The second kappa shape index (κ2) is 6.79. The summed E-state index contributed by atoms with van der Waals surface area (Å²) in [5, 5.41) is 8.94. The minimum Gasteiger partial charge on any atom is -0.481 e. The molecule has 2 rings (SSSR count). The Morgan fingerprint density at radius 3 is 2.90 bits per heavy atom. The third kappa shape index (κ3) is 4.00. The second-order valence-corrected chi connectivity index (χ2v) is 5.26. The fourth-order valence-electron chi connectivity index (χ4n) is 2.76. The molecule has 1 aromatic rings. The molecule has 0 radical (unpaired) electrons. The van der Waals surface area contributed by atoms with E-state index in [9.17, 15) is 13.6 Å². The van der Waals surface area contributed by atoms with Crippen LogP contribution in [-0.4, -0.2) is 28.6 Å². The van der Waals surface area contributed by atoms with E-state index in [4.69, 9.17) is 5.11 Å². The predicted octanol–water partition coefficient (Wildman–Crippen LogP) is 3.45. The van der Waals surface area contributed by atoms with Gasteiger partial charge in [0.05, 0.1) is 6.42 Å². The van der Waals surface area contributed by atoms with Crippen LogP contribution in [0.5, 0.6) is 0 Å². The Bertz CT molecular complexity index is 465. The summed E-state index contributed by atoms with van der Waals surface area (Å²) in [7, 11) is 0. The van der Waals surface area contributed by atoms with E-state index >= 15 is 0 Å². The van der Waals surface area contributed by atoms with Crippen molar-refractivity contribution in [2.75, 3.05) is 6.54 Å². The van der Waals surface area contributed by atoms with Crippen molar-refractivity contribution in [2.45, 2.75) is 44.7 Å². The lowest BCUT2D eigenvalue weighted by molar-refractivity contribution is -0.138. The van der Waals surface area contributed by atoms with Crippen LogP contribution in [0.15, 0.2) is 24.3 Å². The molecule has 0 aromatic heterocycles. The molecule has 0 bridgehead atoms. The molecule has 1 saturated heterocycles. The van der Waals surface area contributed by atoms with Crippen molar-refractivity contribution in [1.29, 1.82) is 0 Å². The first kappa shape index (κ1) is 14.9. The number of carboxylic acids is 1. The largest absolute Gasteiger partial charge is 0.481 e. The highest BCUT2D eigenvalue weighted by molar-refractivity contribution is 5.67. The van der Waals surface area contributed by atoms with Gasteiger partial charge in [0, 0.05) is 18.2 Å². The van der Waals surface area contributed by atoms with Crippen LogP contribution in [0.1, 0.15) is 43.2 Å². The Morgan fingerprint density at radius 2 is 2.20 bits per heavy atom. The molecule has 0 amide bonds. The van der Waals surface area contributed by atoms with Gasteiger partial charge in [-0.3, -0.25) is 9.69 Å². The molecule has 1 aliphatic rings. The molecule has 0 spiro atoms. The van der Waals surface area contributed by atoms with Crippen LogP contribution in [0.25, 0.3) is 0 Å². The van der Waals surface area contributed by atoms with Crippen LogP contribution in [0.2, 0.25) is 0 Å². The normalized spacial score (nSPS) is 20.2. The van der Waals surface area contributed by atoms with Crippen molar-refractivity contribution in [3.05, 3.63) is 35.4 Å². The van der Waals surface area contributed by atoms with Gasteiger partial charge in [0.25, 0.3) is 6.43 Å². The highest BCUT2D eigenvalue weighted by Crippen LogP contribution is 2.24. The molecule has 1 atom stereocenters. The number of carboxylic acid groups (broad SMARTS) is 1. The van der Waals surface area contributed by atoms with E-state index in [-0.39, 0.29) is 18.0 Å². The lowest BCUT2D eigenvalue weighted by atomic mass is 9.98. The molecule has 1 unspecified atom stereocenters. The first-order valence-corrected chi connectivity index (χ1v) is 6.89. The number of hydrogen-bond acceptors (Lipinski definition) is 2. The maximum absolute atomic E-state index is 12.7. The SMILES string of the molecule is O=C(O)CC1CCCCN1Cc1cccc(C(F)F)c1. The van der Waals surface area contributed by atoms with Crippen molar-refractivity contribution in [3.63, 3.8) is 0 Å².